The maximum Gasteiger partial charge on any atom is 0.250 e. The van der Waals surface area contributed by atoms with Crippen molar-refractivity contribution in [3.05, 3.63) is 0 Å². The normalized spacial score (nSPS) is 15.1. The van der Waals surface area contributed by atoms with E-state index in [1.54, 1.807) is 0 Å². The zero-order chi connectivity index (χ0) is 11.8. The Morgan fingerprint density at radius 2 is 2.13 bits per heavy atom. The molecule has 1 amide bonds. The SMILES string of the molecule is COC(CN)C(=O)NC(CO)CC(C)C. The van der Waals surface area contributed by atoms with E-state index >= 15 is 0 Å². The summed E-state index contributed by atoms with van der Waals surface area (Å²) in [5.41, 5.74) is 5.35. The van der Waals surface area contributed by atoms with Gasteiger partial charge in [-0.1, -0.05) is 13.8 Å². The summed E-state index contributed by atoms with van der Waals surface area (Å²) >= 11 is 0. The second-order valence-electron chi connectivity index (χ2n) is 3.98. The van der Waals surface area contributed by atoms with E-state index in [1.165, 1.54) is 7.11 Å². The minimum absolute atomic E-state index is 0.0646. The van der Waals surface area contributed by atoms with Crippen molar-refractivity contribution >= 4 is 5.91 Å². The van der Waals surface area contributed by atoms with Crippen molar-refractivity contribution in [2.75, 3.05) is 20.3 Å². The second kappa shape index (κ2) is 7.62. The monoisotopic (exact) mass is 218 g/mol. The molecule has 2 unspecified atom stereocenters. The Morgan fingerprint density at radius 3 is 2.47 bits per heavy atom. The van der Waals surface area contributed by atoms with Crippen molar-refractivity contribution in [3.8, 4) is 0 Å². The largest absolute Gasteiger partial charge is 0.394 e. The number of aliphatic hydroxyl groups excluding tert-OH is 1. The molecule has 0 spiro atoms. The first-order valence-electron chi connectivity index (χ1n) is 5.19. The summed E-state index contributed by atoms with van der Waals surface area (Å²) in [7, 11) is 1.44. The van der Waals surface area contributed by atoms with Crippen LogP contribution in [-0.4, -0.2) is 43.4 Å². The highest BCUT2D eigenvalue weighted by Gasteiger charge is 2.19. The number of carbonyl (C=O) groups excluding carboxylic acids is 1. The van der Waals surface area contributed by atoms with Gasteiger partial charge in [0, 0.05) is 13.7 Å². The van der Waals surface area contributed by atoms with Crippen molar-refractivity contribution in [1.82, 2.24) is 5.32 Å². The molecule has 0 aliphatic rings. The number of nitrogens with two attached hydrogens (primary N) is 1. The number of hydrogen-bond donors (Lipinski definition) is 3. The summed E-state index contributed by atoms with van der Waals surface area (Å²) in [6.45, 7) is 4.14. The first-order valence-corrected chi connectivity index (χ1v) is 5.19. The van der Waals surface area contributed by atoms with Crippen LogP contribution in [0, 0.1) is 5.92 Å². The molecule has 0 aromatic carbocycles. The standard InChI is InChI=1S/C10H22N2O3/c1-7(2)4-8(6-13)12-10(14)9(5-11)15-3/h7-9,13H,4-6,11H2,1-3H3,(H,12,14). The number of amides is 1. The van der Waals surface area contributed by atoms with Gasteiger partial charge in [-0.15, -0.1) is 0 Å². The van der Waals surface area contributed by atoms with Crippen LogP contribution in [0.1, 0.15) is 20.3 Å². The topological polar surface area (TPSA) is 84.6 Å². The van der Waals surface area contributed by atoms with Crippen LogP contribution in [0.4, 0.5) is 0 Å². The molecular formula is C10H22N2O3. The first kappa shape index (κ1) is 14.3. The van der Waals surface area contributed by atoms with Gasteiger partial charge in [0.2, 0.25) is 0 Å². The average molecular weight is 218 g/mol. The van der Waals surface area contributed by atoms with Crippen molar-refractivity contribution in [2.45, 2.75) is 32.4 Å². The van der Waals surface area contributed by atoms with E-state index in [0.29, 0.717) is 5.92 Å². The molecule has 90 valence electrons. The molecule has 0 radical (unpaired) electrons. The Morgan fingerprint density at radius 1 is 1.53 bits per heavy atom. The van der Waals surface area contributed by atoms with Crippen LogP contribution in [0.3, 0.4) is 0 Å². The van der Waals surface area contributed by atoms with E-state index in [4.69, 9.17) is 15.6 Å². The van der Waals surface area contributed by atoms with Gasteiger partial charge in [-0.25, -0.2) is 0 Å². The number of ether oxygens (including phenoxy) is 1. The number of rotatable bonds is 7. The van der Waals surface area contributed by atoms with Crippen molar-refractivity contribution in [1.29, 1.82) is 0 Å². The minimum Gasteiger partial charge on any atom is -0.394 e. The van der Waals surface area contributed by atoms with Crippen molar-refractivity contribution < 1.29 is 14.6 Å². The molecule has 4 N–H and O–H groups in total. The van der Waals surface area contributed by atoms with Gasteiger partial charge in [-0.3, -0.25) is 4.79 Å². The summed E-state index contributed by atoms with van der Waals surface area (Å²) in [6.07, 6.45) is 0.106. The van der Waals surface area contributed by atoms with Gasteiger partial charge in [0.05, 0.1) is 12.6 Å². The number of methoxy groups -OCH3 is 1. The number of nitrogens with one attached hydrogen (secondary N) is 1. The van der Waals surface area contributed by atoms with Gasteiger partial charge in [0.1, 0.15) is 6.10 Å². The fraction of sp³-hybridized carbons (Fsp3) is 0.900. The second-order valence-corrected chi connectivity index (χ2v) is 3.98. The summed E-state index contributed by atoms with van der Waals surface area (Å²) in [4.78, 5) is 11.5. The highest BCUT2D eigenvalue weighted by molar-refractivity contribution is 5.81. The Labute approximate surface area is 91.0 Å². The van der Waals surface area contributed by atoms with Crippen LogP contribution < -0.4 is 11.1 Å². The molecule has 0 saturated heterocycles. The highest BCUT2D eigenvalue weighted by Crippen LogP contribution is 2.04. The lowest BCUT2D eigenvalue weighted by Crippen LogP contribution is -2.46. The molecule has 0 bridgehead atoms. The third-order valence-electron chi connectivity index (χ3n) is 2.11. The van der Waals surface area contributed by atoms with E-state index in [2.05, 4.69) is 5.32 Å². The highest BCUT2D eigenvalue weighted by atomic mass is 16.5. The maximum atomic E-state index is 11.5. The van der Waals surface area contributed by atoms with Crippen LogP contribution >= 0.6 is 0 Å². The van der Waals surface area contributed by atoms with Crippen LogP contribution in [0.2, 0.25) is 0 Å². The fourth-order valence-electron chi connectivity index (χ4n) is 1.35. The Balaban J connectivity index is 4.10. The Bertz CT molecular complexity index is 182. The van der Waals surface area contributed by atoms with Gasteiger partial charge in [0.15, 0.2) is 0 Å². The first-order chi connectivity index (χ1) is 7.04. The lowest BCUT2D eigenvalue weighted by Gasteiger charge is -2.21. The van der Waals surface area contributed by atoms with Gasteiger partial charge in [0.25, 0.3) is 5.91 Å². The quantitative estimate of drug-likeness (QED) is 0.537. The maximum absolute atomic E-state index is 11.5. The summed E-state index contributed by atoms with van der Waals surface area (Å²) in [5, 5.41) is 11.8. The molecule has 0 aromatic rings. The van der Waals surface area contributed by atoms with Crippen LogP contribution in [0.5, 0.6) is 0 Å². The van der Waals surface area contributed by atoms with Crippen LogP contribution in [-0.2, 0) is 9.53 Å². The molecule has 2 atom stereocenters. The van der Waals surface area contributed by atoms with Gasteiger partial charge in [-0.2, -0.15) is 0 Å². The van der Waals surface area contributed by atoms with E-state index in [1.807, 2.05) is 13.8 Å². The van der Waals surface area contributed by atoms with E-state index in [9.17, 15) is 4.79 Å². The average Bonchev–Trinajstić information content (AvgIpc) is 2.17. The van der Waals surface area contributed by atoms with E-state index in [0.717, 1.165) is 6.42 Å². The lowest BCUT2D eigenvalue weighted by molar-refractivity contribution is -0.131. The van der Waals surface area contributed by atoms with E-state index < -0.39 is 6.10 Å². The Kier molecular flexibility index (Phi) is 7.29. The Hall–Kier alpha value is -0.650. The summed E-state index contributed by atoms with van der Waals surface area (Å²) < 4.78 is 4.89. The smallest absolute Gasteiger partial charge is 0.250 e. The zero-order valence-electron chi connectivity index (χ0n) is 9.69. The van der Waals surface area contributed by atoms with Gasteiger partial charge in [-0.05, 0) is 12.3 Å². The molecular weight excluding hydrogens is 196 g/mol. The van der Waals surface area contributed by atoms with Gasteiger partial charge >= 0.3 is 0 Å². The van der Waals surface area contributed by atoms with Crippen LogP contribution in [0.25, 0.3) is 0 Å². The number of aliphatic hydroxyl groups is 1. The number of carbonyl (C=O) groups is 1. The minimum atomic E-state index is -0.633. The van der Waals surface area contributed by atoms with Crippen molar-refractivity contribution in [2.24, 2.45) is 11.7 Å². The molecule has 15 heavy (non-hydrogen) atoms. The van der Waals surface area contributed by atoms with Crippen molar-refractivity contribution in [3.63, 3.8) is 0 Å². The number of hydrogen-bond acceptors (Lipinski definition) is 4. The molecule has 0 aromatic heterocycles. The molecule has 0 saturated carbocycles. The molecule has 0 rings (SSSR count). The fourth-order valence-corrected chi connectivity index (χ4v) is 1.35. The van der Waals surface area contributed by atoms with Crippen LogP contribution in [0.15, 0.2) is 0 Å². The molecule has 0 heterocycles. The molecule has 0 aliphatic carbocycles. The lowest BCUT2D eigenvalue weighted by atomic mass is 10.0. The molecule has 5 nitrogen and oxygen atoms in total. The predicted octanol–water partition coefficient (Wildman–Crippen LogP) is -0.517. The molecule has 5 heteroatoms. The third-order valence-corrected chi connectivity index (χ3v) is 2.11. The van der Waals surface area contributed by atoms with E-state index in [-0.39, 0.29) is 25.1 Å². The molecule has 0 aliphatic heterocycles. The summed E-state index contributed by atoms with van der Waals surface area (Å²) in [6, 6.07) is -0.221. The van der Waals surface area contributed by atoms with Gasteiger partial charge < -0.3 is 20.9 Å². The zero-order valence-corrected chi connectivity index (χ0v) is 9.69. The third kappa shape index (κ3) is 5.71. The predicted molar refractivity (Wildman–Crippen MR) is 58.3 cm³/mol. The molecule has 0 fully saturated rings. The summed E-state index contributed by atoms with van der Waals surface area (Å²) in [5.74, 6) is 0.154.